The van der Waals surface area contributed by atoms with Gasteiger partial charge < -0.3 is 5.73 Å². The van der Waals surface area contributed by atoms with Gasteiger partial charge in [0.2, 0.25) is 15.7 Å². The molecule has 0 saturated heterocycles. The van der Waals surface area contributed by atoms with Crippen LogP contribution in [-0.2, 0) is 16.3 Å². The van der Waals surface area contributed by atoms with E-state index in [0.717, 1.165) is 5.56 Å². The van der Waals surface area contributed by atoms with Crippen LogP contribution < -0.4 is 5.73 Å². The van der Waals surface area contributed by atoms with Crippen molar-refractivity contribution in [2.45, 2.75) is 23.1 Å². The fourth-order valence-corrected chi connectivity index (χ4v) is 4.79. The summed E-state index contributed by atoms with van der Waals surface area (Å²) in [5.41, 5.74) is 6.33. The average molecular weight is 283 g/mol. The molecule has 0 atom stereocenters. The minimum atomic E-state index is -3.52. The van der Waals surface area contributed by atoms with Gasteiger partial charge in [-0.1, -0.05) is 13.5 Å². The van der Waals surface area contributed by atoms with Crippen molar-refractivity contribution in [3.8, 4) is 0 Å². The van der Waals surface area contributed by atoms with E-state index in [1.807, 2.05) is 6.92 Å². The van der Waals surface area contributed by atoms with Crippen LogP contribution in [-0.4, -0.2) is 20.1 Å². The quantitative estimate of drug-likeness (QED) is 0.897. The Kier molecular flexibility index (Phi) is 3.25. The third kappa shape index (κ3) is 1.95. The third-order valence-corrected chi connectivity index (χ3v) is 6.15. The molecule has 0 radical (unpaired) electrons. The Bertz CT molecular complexity index is 648. The molecule has 18 heavy (non-hydrogen) atoms. The highest BCUT2D eigenvalue weighted by molar-refractivity contribution is 8.04. The van der Waals surface area contributed by atoms with E-state index < -0.39 is 15.7 Å². The molecule has 1 aromatic rings. The Balaban J connectivity index is 2.75. The van der Waals surface area contributed by atoms with Gasteiger partial charge in [-0.25, -0.2) is 8.42 Å². The second-order valence-electron chi connectivity index (χ2n) is 4.00. The van der Waals surface area contributed by atoms with Crippen LogP contribution >= 0.6 is 11.8 Å². The second-order valence-corrected chi connectivity index (χ2v) is 7.05. The lowest BCUT2D eigenvalue weighted by molar-refractivity contribution is 0.0999. The van der Waals surface area contributed by atoms with E-state index in [1.54, 1.807) is 6.07 Å². The molecule has 0 unspecified atom stereocenters. The molecule has 2 rings (SSSR count). The van der Waals surface area contributed by atoms with Crippen LogP contribution in [0.3, 0.4) is 0 Å². The number of aryl methyl sites for hydroxylation is 1. The minimum absolute atomic E-state index is 0.148. The van der Waals surface area contributed by atoms with Crippen molar-refractivity contribution in [3.63, 3.8) is 0 Å². The van der Waals surface area contributed by atoms with Crippen LogP contribution in [0.1, 0.15) is 22.8 Å². The predicted molar refractivity (Wildman–Crippen MR) is 71.4 cm³/mol. The van der Waals surface area contributed by atoms with Crippen LogP contribution in [0.4, 0.5) is 0 Å². The zero-order valence-electron chi connectivity index (χ0n) is 9.89. The van der Waals surface area contributed by atoms with Gasteiger partial charge in [0, 0.05) is 16.2 Å². The molecule has 2 N–H and O–H groups in total. The molecule has 0 aliphatic carbocycles. The van der Waals surface area contributed by atoms with Crippen LogP contribution in [0.5, 0.6) is 0 Å². The number of amides is 1. The molecule has 1 aromatic carbocycles. The van der Waals surface area contributed by atoms with Gasteiger partial charge in [0.05, 0.1) is 9.80 Å². The van der Waals surface area contributed by atoms with Crippen molar-refractivity contribution < 1.29 is 13.2 Å². The van der Waals surface area contributed by atoms with E-state index in [2.05, 4.69) is 6.58 Å². The van der Waals surface area contributed by atoms with E-state index in [-0.39, 0.29) is 15.4 Å². The van der Waals surface area contributed by atoms with Crippen LogP contribution in [0.2, 0.25) is 0 Å². The normalized spacial score (nSPS) is 17.3. The van der Waals surface area contributed by atoms with Crippen molar-refractivity contribution in [2.24, 2.45) is 5.73 Å². The van der Waals surface area contributed by atoms with E-state index in [4.69, 9.17) is 5.73 Å². The molecule has 6 heteroatoms. The monoisotopic (exact) mass is 283 g/mol. The summed E-state index contributed by atoms with van der Waals surface area (Å²) in [5.74, 6) is -0.250. The summed E-state index contributed by atoms with van der Waals surface area (Å²) in [7, 11) is -3.52. The largest absolute Gasteiger partial charge is 0.366 e. The van der Waals surface area contributed by atoms with Crippen LogP contribution in [0, 0.1) is 0 Å². The molecule has 1 heterocycles. The van der Waals surface area contributed by atoms with Gasteiger partial charge in [-0.15, -0.1) is 11.8 Å². The lowest BCUT2D eigenvalue weighted by Gasteiger charge is -2.19. The number of benzene rings is 1. The Labute approximate surface area is 110 Å². The first-order valence-corrected chi connectivity index (χ1v) is 7.87. The SMILES string of the molecule is C=C1CSc2cc(CC)c(C(N)=O)cc2S1(=O)=O. The maximum atomic E-state index is 12.1. The Morgan fingerprint density at radius 2 is 2.17 bits per heavy atom. The van der Waals surface area contributed by atoms with Gasteiger partial charge in [0.1, 0.15) is 0 Å². The van der Waals surface area contributed by atoms with Gasteiger partial charge >= 0.3 is 0 Å². The van der Waals surface area contributed by atoms with Gasteiger partial charge in [-0.05, 0) is 24.1 Å². The molecular weight excluding hydrogens is 270 g/mol. The summed E-state index contributed by atoms with van der Waals surface area (Å²) >= 11 is 1.42. The van der Waals surface area contributed by atoms with E-state index >= 15 is 0 Å². The number of sulfone groups is 1. The van der Waals surface area contributed by atoms with Gasteiger partial charge in [-0.2, -0.15) is 0 Å². The molecule has 96 valence electrons. The van der Waals surface area contributed by atoms with Crippen LogP contribution in [0.25, 0.3) is 0 Å². The van der Waals surface area contributed by atoms with Crippen LogP contribution in [0.15, 0.2) is 33.4 Å². The molecule has 0 saturated carbocycles. The second kappa shape index (κ2) is 4.44. The zero-order chi connectivity index (χ0) is 13.5. The van der Waals surface area contributed by atoms with E-state index in [0.29, 0.717) is 17.1 Å². The lowest BCUT2D eigenvalue weighted by atomic mass is 10.1. The van der Waals surface area contributed by atoms with Gasteiger partial charge in [0.15, 0.2) is 0 Å². The zero-order valence-corrected chi connectivity index (χ0v) is 11.5. The van der Waals surface area contributed by atoms with E-state index in [1.165, 1.54) is 17.8 Å². The minimum Gasteiger partial charge on any atom is -0.366 e. The highest BCUT2D eigenvalue weighted by atomic mass is 32.2. The number of thioether (sulfide) groups is 1. The highest BCUT2D eigenvalue weighted by Gasteiger charge is 2.29. The van der Waals surface area contributed by atoms with Crippen molar-refractivity contribution in [3.05, 3.63) is 34.7 Å². The number of fused-ring (bicyclic) bond motifs is 1. The van der Waals surface area contributed by atoms with E-state index in [9.17, 15) is 13.2 Å². The molecule has 0 spiro atoms. The fraction of sp³-hybridized carbons (Fsp3) is 0.250. The van der Waals surface area contributed by atoms with Crippen molar-refractivity contribution >= 4 is 27.5 Å². The summed E-state index contributed by atoms with van der Waals surface area (Å²) in [6.45, 7) is 5.46. The molecule has 1 aliphatic rings. The first-order chi connectivity index (χ1) is 8.37. The first-order valence-electron chi connectivity index (χ1n) is 5.40. The van der Waals surface area contributed by atoms with Gasteiger partial charge in [0.25, 0.3) is 0 Å². The lowest BCUT2D eigenvalue weighted by Crippen LogP contribution is -2.18. The summed E-state index contributed by atoms with van der Waals surface area (Å²) in [6.07, 6.45) is 0.632. The fourth-order valence-electron chi connectivity index (χ4n) is 1.84. The predicted octanol–water partition coefficient (Wildman–Crippen LogP) is 1.74. The van der Waals surface area contributed by atoms with Gasteiger partial charge in [-0.3, -0.25) is 4.79 Å². The third-order valence-electron chi connectivity index (χ3n) is 2.87. The van der Waals surface area contributed by atoms with Crippen molar-refractivity contribution in [1.82, 2.24) is 0 Å². The average Bonchev–Trinajstić information content (AvgIpc) is 2.32. The summed E-state index contributed by atoms with van der Waals surface area (Å²) < 4.78 is 24.2. The molecule has 0 bridgehead atoms. The number of carbonyl (C=O) groups is 1. The number of hydrogen-bond acceptors (Lipinski definition) is 4. The Morgan fingerprint density at radius 1 is 1.50 bits per heavy atom. The van der Waals surface area contributed by atoms with Crippen molar-refractivity contribution in [1.29, 1.82) is 0 Å². The topological polar surface area (TPSA) is 77.2 Å². The molecule has 4 nitrogen and oxygen atoms in total. The number of carbonyl (C=O) groups excluding carboxylic acids is 1. The Morgan fingerprint density at radius 3 is 2.72 bits per heavy atom. The highest BCUT2D eigenvalue weighted by Crippen LogP contribution is 2.39. The number of rotatable bonds is 2. The number of hydrogen-bond donors (Lipinski definition) is 1. The summed E-state index contributed by atoms with van der Waals surface area (Å²) in [4.78, 5) is 12.3. The molecule has 0 aromatic heterocycles. The summed E-state index contributed by atoms with van der Waals surface area (Å²) in [6, 6.07) is 3.12. The first kappa shape index (κ1) is 13.2. The molecular formula is C12H13NO3S2. The number of primary amides is 1. The standard InChI is InChI=1S/C12H13NO3S2/c1-3-8-4-10-11(5-9(8)12(13)14)18(15,16)7(2)6-17-10/h4-5H,2-3,6H2,1H3,(H2,13,14). The van der Waals surface area contributed by atoms with Crippen molar-refractivity contribution in [2.75, 3.05) is 5.75 Å². The Hall–Kier alpha value is -1.27. The number of nitrogens with two attached hydrogens (primary N) is 1. The summed E-state index contributed by atoms with van der Waals surface area (Å²) in [5, 5.41) is 0. The molecule has 1 aliphatic heterocycles. The molecule has 0 fully saturated rings. The maximum Gasteiger partial charge on any atom is 0.249 e. The maximum absolute atomic E-state index is 12.1. The molecule has 1 amide bonds. The smallest absolute Gasteiger partial charge is 0.249 e.